The molecule has 72 valence electrons. The van der Waals surface area contributed by atoms with Gasteiger partial charge in [0.2, 0.25) is 0 Å². The number of anilines is 1. The van der Waals surface area contributed by atoms with E-state index in [1.165, 1.54) is 29.8 Å². The molecule has 3 heteroatoms. The number of hydrogen-bond donors (Lipinski definition) is 1. The van der Waals surface area contributed by atoms with Crippen LogP contribution in [0.3, 0.4) is 0 Å². The van der Waals surface area contributed by atoms with E-state index in [0.29, 0.717) is 5.41 Å². The predicted octanol–water partition coefficient (Wildman–Crippen LogP) is 2.80. The van der Waals surface area contributed by atoms with E-state index in [1.54, 1.807) is 0 Å². The van der Waals surface area contributed by atoms with Crippen LogP contribution in [0.5, 0.6) is 0 Å². The summed E-state index contributed by atoms with van der Waals surface area (Å²) in [6.07, 6.45) is 3.80. The van der Waals surface area contributed by atoms with Gasteiger partial charge in [-0.05, 0) is 19.3 Å². The van der Waals surface area contributed by atoms with Crippen molar-refractivity contribution < 1.29 is 0 Å². The van der Waals surface area contributed by atoms with Gasteiger partial charge in [-0.1, -0.05) is 13.8 Å². The maximum Gasteiger partial charge on any atom is 0.182 e. The SMILES string of the molecule is CNc1nc2c(s1)CCCC2(C)C. The molecule has 2 nitrogen and oxygen atoms in total. The normalized spacial score (nSPS) is 19.6. The first kappa shape index (κ1) is 9.00. The van der Waals surface area contributed by atoms with E-state index < -0.39 is 0 Å². The van der Waals surface area contributed by atoms with Crippen molar-refractivity contribution >= 4 is 16.5 Å². The van der Waals surface area contributed by atoms with Crippen molar-refractivity contribution in [3.05, 3.63) is 10.6 Å². The summed E-state index contributed by atoms with van der Waals surface area (Å²) in [7, 11) is 1.94. The molecule has 0 amide bonds. The van der Waals surface area contributed by atoms with Gasteiger partial charge in [0.05, 0.1) is 5.69 Å². The number of aromatic nitrogens is 1. The molecule has 0 fully saturated rings. The largest absolute Gasteiger partial charge is 0.365 e. The van der Waals surface area contributed by atoms with Gasteiger partial charge >= 0.3 is 0 Å². The maximum atomic E-state index is 4.63. The van der Waals surface area contributed by atoms with Gasteiger partial charge < -0.3 is 5.32 Å². The van der Waals surface area contributed by atoms with Crippen LogP contribution < -0.4 is 5.32 Å². The van der Waals surface area contributed by atoms with Crippen LogP contribution in [0.4, 0.5) is 5.13 Å². The first-order chi connectivity index (χ1) is 6.13. The second-order valence-electron chi connectivity index (χ2n) is 4.28. The third kappa shape index (κ3) is 1.46. The third-order valence-electron chi connectivity index (χ3n) is 2.76. The van der Waals surface area contributed by atoms with Gasteiger partial charge in [-0.3, -0.25) is 0 Å². The Morgan fingerprint density at radius 3 is 2.85 bits per heavy atom. The minimum Gasteiger partial charge on any atom is -0.365 e. The molecule has 13 heavy (non-hydrogen) atoms. The monoisotopic (exact) mass is 196 g/mol. The van der Waals surface area contributed by atoms with Crippen LogP contribution in [0.25, 0.3) is 0 Å². The Balaban J connectivity index is 2.44. The zero-order valence-electron chi connectivity index (χ0n) is 8.48. The highest BCUT2D eigenvalue weighted by Crippen LogP contribution is 2.40. The molecule has 0 saturated carbocycles. The summed E-state index contributed by atoms with van der Waals surface area (Å²) in [5.74, 6) is 0. The Labute approximate surface area is 83.4 Å². The second-order valence-corrected chi connectivity index (χ2v) is 5.36. The van der Waals surface area contributed by atoms with Crippen LogP contribution in [0.2, 0.25) is 0 Å². The summed E-state index contributed by atoms with van der Waals surface area (Å²) in [4.78, 5) is 6.12. The fourth-order valence-corrected chi connectivity index (χ4v) is 3.10. The van der Waals surface area contributed by atoms with E-state index in [-0.39, 0.29) is 0 Å². The lowest BCUT2D eigenvalue weighted by molar-refractivity contribution is 0.424. The van der Waals surface area contributed by atoms with Crippen LogP contribution in [0.15, 0.2) is 0 Å². The quantitative estimate of drug-likeness (QED) is 0.747. The van der Waals surface area contributed by atoms with Crippen molar-refractivity contribution in [2.24, 2.45) is 0 Å². The van der Waals surface area contributed by atoms with Gasteiger partial charge in [0.15, 0.2) is 5.13 Å². The van der Waals surface area contributed by atoms with Crippen molar-refractivity contribution in [3.63, 3.8) is 0 Å². The molecular weight excluding hydrogens is 180 g/mol. The standard InChI is InChI=1S/C10H16N2S/c1-10(2)6-4-5-7-8(10)12-9(11-3)13-7/h4-6H2,1-3H3,(H,11,12). The van der Waals surface area contributed by atoms with Crippen molar-refractivity contribution in [2.75, 3.05) is 12.4 Å². The molecular formula is C10H16N2S. The molecule has 1 heterocycles. The van der Waals surface area contributed by atoms with E-state index in [0.717, 1.165) is 5.13 Å². The third-order valence-corrected chi connectivity index (χ3v) is 3.89. The van der Waals surface area contributed by atoms with Gasteiger partial charge in [0.1, 0.15) is 0 Å². The molecule has 0 aliphatic heterocycles. The molecule has 0 unspecified atom stereocenters. The zero-order valence-corrected chi connectivity index (χ0v) is 9.29. The summed E-state index contributed by atoms with van der Waals surface area (Å²) in [6.45, 7) is 4.59. The van der Waals surface area contributed by atoms with Crippen molar-refractivity contribution in [1.82, 2.24) is 4.98 Å². The van der Waals surface area contributed by atoms with Crippen LogP contribution in [-0.2, 0) is 11.8 Å². The molecule has 0 bridgehead atoms. The van der Waals surface area contributed by atoms with Gasteiger partial charge in [0, 0.05) is 17.3 Å². The van der Waals surface area contributed by atoms with Crippen molar-refractivity contribution in [1.29, 1.82) is 0 Å². The summed E-state index contributed by atoms with van der Waals surface area (Å²) in [5, 5.41) is 4.20. The fraction of sp³-hybridized carbons (Fsp3) is 0.700. The Morgan fingerprint density at radius 1 is 1.46 bits per heavy atom. The maximum absolute atomic E-state index is 4.63. The van der Waals surface area contributed by atoms with E-state index in [1.807, 2.05) is 18.4 Å². The number of nitrogens with zero attached hydrogens (tertiary/aromatic N) is 1. The lowest BCUT2D eigenvalue weighted by atomic mass is 9.79. The van der Waals surface area contributed by atoms with Crippen molar-refractivity contribution in [3.8, 4) is 0 Å². The highest BCUT2D eigenvalue weighted by molar-refractivity contribution is 7.15. The number of nitrogens with one attached hydrogen (secondary N) is 1. The fourth-order valence-electron chi connectivity index (χ4n) is 1.97. The summed E-state index contributed by atoms with van der Waals surface area (Å²) < 4.78 is 0. The minimum atomic E-state index is 0.291. The minimum absolute atomic E-state index is 0.291. The molecule has 0 radical (unpaired) electrons. The lowest BCUT2D eigenvalue weighted by Crippen LogP contribution is -2.23. The molecule has 1 N–H and O–H groups in total. The number of fused-ring (bicyclic) bond motifs is 1. The Kier molecular flexibility index (Phi) is 2.06. The first-order valence-electron chi connectivity index (χ1n) is 4.81. The number of thiazole rings is 1. The van der Waals surface area contributed by atoms with E-state index in [2.05, 4.69) is 24.1 Å². The number of hydrogen-bond acceptors (Lipinski definition) is 3. The van der Waals surface area contributed by atoms with Gasteiger partial charge in [-0.25, -0.2) is 4.98 Å². The van der Waals surface area contributed by atoms with Gasteiger partial charge in [0.25, 0.3) is 0 Å². The Morgan fingerprint density at radius 2 is 2.23 bits per heavy atom. The van der Waals surface area contributed by atoms with Crippen LogP contribution in [0.1, 0.15) is 37.3 Å². The second kappa shape index (κ2) is 2.98. The molecule has 1 aliphatic rings. The van der Waals surface area contributed by atoms with Gasteiger partial charge in [-0.15, -0.1) is 11.3 Å². The van der Waals surface area contributed by atoms with Crippen LogP contribution >= 0.6 is 11.3 Å². The van der Waals surface area contributed by atoms with Crippen molar-refractivity contribution in [2.45, 2.75) is 38.5 Å². The van der Waals surface area contributed by atoms with Crippen LogP contribution in [-0.4, -0.2) is 12.0 Å². The Hall–Kier alpha value is -0.570. The van der Waals surface area contributed by atoms with E-state index in [4.69, 9.17) is 0 Å². The molecule has 1 aromatic heterocycles. The van der Waals surface area contributed by atoms with E-state index in [9.17, 15) is 0 Å². The van der Waals surface area contributed by atoms with Gasteiger partial charge in [-0.2, -0.15) is 0 Å². The lowest BCUT2D eigenvalue weighted by Gasteiger charge is -2.27. The highest BCUT2D eigenvalue weighted by atomic mass is 32.1. The Bertz CT molecular complexity index is 315. The number of aryl methyl sites for hydroxylation is 1. The highest BCUT2D eigenvalue weighted by Gasteiger charge is 2.30. The predicted molar refractivity (Wildman–Crippen MR) is 57.6 cm³/mol. The summed E-state index contributed by atoms with van der Waals surface area (Å²) >= 11 is 1.82. The molecule has 0 atom stereocenters. The molecule has 0 spiro atoms. The summed E-state index contributed by atoms with van der Waals surface area (Å²) in [5.41, 5.74) is 1.62. The summed E-state index contributed by atoms with van der Waals surface area (Å²) in [6, 6.07) is 0. The molecule has 1 aliphatic carbocycles. The smallest absolute Gasteiger partial charge is 0.182 e. The topological polar surface area (TPSA) is 24.9 Å². The first-order valence-corrected chi connectivity index (χ1v) is 5.63. The van der Waals surface area contributed by atoms with E-state index >= 15 is 0 Å². The molecule has 2 rings (SSSR count). The zero-order chi connectivity index (χ0) is 9.47. The molecule has 1 aromatic rings. The molecule has 0 aromatic carbocycles. The average molecular weight is 196 g/mol. The average Bonchev–Trinajstić information content (AvgIpc) is 2.48. The molecule has 0 saturated heterocycles. The van der Waals surface area contributed by atoms with Crippen LogP contribution in [0, 0.1) is 0 Å². The number of rotatable bonds is 1.